The molecule has 0 bridgehead atoms. The van der Waals surface area contributed by atoms with Gasteiger partial charge in [-0.3, -0.25) is 0 Å². The maximum absolute atomic E-state index is 12.2. The third-order valence-electron chi connectivity index (χ3n) is 1.94. The van der Waals surface area contributed by atoms with Crippen molar-refractivity contribution in [3.63, 3.8) is 0 Å². The van der Waals surface area contributed by atoms with Crippen LogP contribution in [0.25, 0.3) is 0 Å². The van der Waals surface area contributed by atoms with Gasteiger partial charge in [-0.05, 0) is 17.7 Å². The highest BCUT2D eigenvalue weighted by molar-refractivity contribution is 5.51. The third-order valence-corrected chi connectivity index (χ3v) is 1.94. The van der Waals surface area contributed by atoms with Gasteiger partial charge in [0.05, 0.1) is 11.7 Å². The molecular weight excluding hydrogens is 209 g/mol. The van der Waals surface area contributed by atoms with Gasteiger partial charge in [0.2, 0.25) is 0 Å². The molecule has 0 aliphatic heterocycles. The molecule has 0 radical (unpaired) electrons. The van der Waals surface area contributed by atoms with Gasteiger partial charge in [0, 0.05) is 6.42 Å². The van der Waals surface area contributed by atoms with Crippen LogP contribution in [-0.4, -0.2) is 11.4 Å². The van der Waals surface area contributed by atoms with Crippen LogP contribution >= 0.6 is 0 Å². The normalized spacial score (nSPS) is 13.6. The molecule has 0 fully saturated rings. The molecule has 1 atom stereocenters. The van der Waals surface area contributed by atoms with Crippen molar-refractivity contribution < 1.29 is 23.1 Å². The first-order valence-corrected chi connectivity index (χ1v) is 4.24. The molecular formula is C10H9F3O2. The van der Waals surface area contributed by atoms with Crippen molar-refractivity contribution in [2.24, 2.45) is 0 Å². The Balaban J connectivity index is 2.85. The van der Waals surface area contributed by atoms with Gasteiger partial charge in [-0.1, -0.05) is 12.1 Å². The zero-order valence-corrected chi connectivity index (χ0v) is 7.66. The second-order valence-electron chi connectivity index (χ2n) is 3.04. The van der Waals surface area contributed by atoms with E-state index >= 15 is 0 Å². The summed E-state index contributed by atoms with van der Waals surface area (Å²) >= 11 is 0. The topological polar surface area (TPSA) is 37.3 Å². The summed E-state index contributed by atoms with van der Waals surface area (Å²) in [6.45, 7) is 0. The first-order valence-electron chi connectivity index (χ1n) is 4.24. The molecule has 1 N–H and O–H groups in total. The average Bonchev–Trinajstić information content (AvgIpc) is 2.17. The largest absolute Gasteiger partial charge is 0.416 e. The summed E-state index contributed by atoms with van der Waals surface area (Å²) in [6, 6.07) is 4.08. The average molecular weight is 218 g/mol. The van der Waals surface area contributed by atoms with Crippen LogP contribution in [0, 0.1) is 0 Å². The van der Waals surface area contributed by atoms with Gasteiger partial charge in [-0.2, -0.15) is 13.2 Å². The molecule has 0 spiro atoms. The summed E-state index contributed by atoms with van der Waals surface area (Å²) in [7, 11) is 0. The van der Waals surface area contributed by atoms with Gasteiger partial charge in [0.25, 0.3) is 0 Å². The lowest BCUT2D eigenvalue weighted by molar-refractivity contribution is -0.137. The van der Waals surface area contributed by atoms with Crippen molar-refractivity contribution in [3.05, 3.63) is 35.4 Å². The molecule has 0 amide bonds. The molecule has 2 nitrogen and oxygen atoms in total. The van der Waals surface area contributed by atoms with Crippen molar-refractivity contribution in [2.45, 2.75) is 18.7 Å². The SMILES string of the molecule is O=CCC(O)c1ccc(C(F)(F)F)cc1. The lowest BCUT2D eigenvalue weighted by atomic mass is 10.1. The minimum atomic E-state index is -4.38. The zero-order valence-electron chi connectivity index (χ0n) is 7.66. The first-order chi connectivity index (χ1) is 6.95. The molecule has 1 rings (SSSR count). The lowest BCUT2D eigenvalue weighted by Gasteiger charge is -2.10. The molecule has 0 heterocycles. The Kier molecular flexibility index (Phi) is 3.47. The molecule has 1 unspecified atom stereocenters. The number of hydrogen-bond acceptors (Lipinski definition) is 2. The van der Waals surface area contributed by atoms with Crippen molar-refractivity contribution in [1.29, 1.82) is 0 Å². The number of aldehydes is 1. The van der Waals surface area contributed by atoms with Gasteiger partial charge in [0.1, 0.15) is 6.29 Å². The van der Waals surface area contributed by atoms with Crippen LogP contribution in [0.2, 0.25) is 0 Å². The molecule has 0 aliphatic rings. The van der Waals surface area contributed by atoms with Crippen molar-refractivity contribution in [1.82, 2.24) is 0 Å². The third kappa shape index (κ3) is 3.06. The van der Waals surface area contributed by atoms with E-state index in [4.69, 9.17) is 0 Å². The Morgan fingerprint density at radius 1 is 1.27 bits per heavy atom. The van der Waals surface area contributed by atoms with E-state index in [1.807, 2.05) is 0 Å². The summed E-state index contributed by atoms with van der Waals surface area (Å²) in [5.41, 5.74) is -0.473. The van der Waals surface area contributed by atoms with E-state index < -0.39 is 17.8 Å². The smallest absolute Gasteiger partial charge is 0.388 e. The number of rotatable bonds is 3. The molecule has 1 aromatic carbocycles. The van der Waals surface area contributed by atoms with Crippen LogP contribution < -0.4 is 0 Å². The summed E-state index contributed by atoms with van der Waals surface area (Å²) in [4.78, 5) is 10.1. The molecule has 1 aromatic rings. The molecule has 0 aliphatic carbocycles. The van der Waals surface area contributed by atoms with Crippen LogP contribution in [0.3, 0.4) is 0 Å². The second-order valence-corrected chi connectivity index (χ2v) is 3.04. The number of benzene rings is 1. The van der Waals surface area contributed by atoms with Crippen molar-refractivity contribution in [2.75, 3.05) is 0 Å². The molecule has 0 aromatic heterocycles. The Morgan fingerprint density at radius 2 is 1.80 bits per heavy atom. The van der Waals surface area contributed by atoms with Gasteiger partial charge in [-0.15, -0.1) is 0 Å². The highest BCUT2D eigenvalue weighted by Gasteiger charge is 2.30. The number of aliphatic hydroxyl groups is 1. The van der Waals surface area contributed by atoms with E-state index in [0.717, 1.165) is 24.3 Å². The number of aliphatic hydroxyl groups excluding tert-OH is 1. The lowest BCUT2D eigenvalue weighted by Crippen LogP contribution is -2.05. The minimum Gasteiger partial charge on any atom is -0.388 e. The highest BCUT2D eigenvalue weighted by Crippen LogP contribution is 2.30. The van der Waals surface area contributed by atoms with E-state index in [9.17, 15) is 23.1 Å². The van der Waals surface area contributed by atoms with Crippen LogP contribution in [-0.2, 0) is 11.0 Å². The maximum atomic E-state index is 12.2. The van der Waals surface area contributed by atoms with Crippen molar-refractivity contribution in [3.8, 4) is 0 Å². The van der Waals surface area contributed by atoms with Crippen LogP contribution in [0.4, 0.5) is 13.2 Å². The Bertz CT molecular complexity index is 330. The number of alkyl halides is 3. The van der Waals surface area contributed by atoms with Gasteiger partial charge >= 0.3 is 6.18 Å². The fourth-order valence-electron chi connectivity index (χ4n) is 1.12. The van der Waals surface area contributed by atoms with Gasteiger partial charge in [0.15, 0.2) is 0 Å². The maximum Gasteiger partial charge on any atom is 0.416 e. The predicted octanol–water partition coefficient (Wildman–Crippen LogP) is 2.33. The zero-order chi connectivity index (χ0) is 11.5. The van der Waals surface area contributed by atoms with Gasteiger partial charge < -0.3 is 9.90 Å². The number of carbonyl (C=O) groups is 1. The predicted molar refractivity (Wildman–Crippen MR) is 47.1 cm³/mol. The van der Waals surface area contributed by atoms with Crippen LogP contribution in [0.5, 0.6) is 0 Å². The van der Waals surface area contributed by atoms with E-state index in [1.165, 1.54) is 0 Å². The Morgan fingerprint density at radius 3 is 2.20 bits per heavy atom. The summed E-state index contributed by atoms with van der Waals surface area (Å²) in [6.07, 6.45) is -5.02. The number of carbonyl (C=O) groups excluding carboxylic acids is 1. The number of hydrogen-bond donors (Lipinski definition) is 1. The molecule has 5 heteroatoms. The summed E-state index contributed by atoms with van der Waals surface area (Å²) in [5, 5.41) is 9.30. The molecule has 0 saturated heterocycles. The quantitative estimate of drug-likeness (QED) is 0.790. The van der Waals surface area contributed by atoms with Crippen LogP contribution in [0.15, 0.2) is 24.3 Å². The standard InChI is InChI=1S/C10H9F3O2/c11-10(12,13)8-3-1-7(2-4-8)9(15)5-6-14/h1-4,6,9,15H,5H2. The second kappa shape index (κ2) is 4.44. The fraction of sp³-hybridized carbons (Fsp3) is 0.300. The van der Waals surface area contributed by atoms with E-state index in [2.05, 4.69) is 0 Å². The highest BCUT2D eigenvalue weighted by atomic mass is 19.4. The minimum absolute atomic E-state index is 0.120. The van der Waals surface area contributed by atoms with Gasteiger partial charge in [-0.25, -0.2) is 0 Å². The monoisotopic (exact) mass is 218 g/mol. The Hall–Kier alpha value is -1.36. The molecule has 0 saturated carbocycles. The van der Waals surface area contributed by atoms with E-state index in [1.54, 1.807) is 0 Å². The summed E-state index contributed by atoms with van der Waals surface area (Å²) in [5.74, 6) is 0. The van der Waals surface area contributed by atoms with Crippen molar-refractivity contribution >= 4 is 6.29 Å². The van der Waals surface area contributed by atoms with E-state index in [-0.39, 0.29) is 6.42 Å². The fourth-order valence-corrected chi connectivity index (χ4v) is 1.12. The Labute approximate surface area is 84.3 Å². The summed E-state index contributed by atoms with van der Waals surface area (Å²) < 4.78 is 36.5. The molecule has 82 valence electrons. The first kappa shape index (κ1) is 11.7. The van der Waals surface area contributed by atoms with Crippen LogP contribution in [0.1, 0.15) is 23.7 Å². The van der Waals surface area contributed by atoms with E-state index in [0.29, 0.717) is 11.8 Å². The molecule has 15 heavy (non-hydrogen) atoms. The number of halogens is 3.